The van der Waals surface area contributed by atoms with E-state index in [2.05, 4.69) is 5.32 Å². The second-order valence-electron chi connectivity index (χ2n) is 4.14. The van der Waals surface area contributed by atoms with Crippen LogP contribution in [-0.4, -0.2) is 16.9 Å². The summed E-state index contributed by atoms with van der Waals surface area (Å²) < 4.78 is 0. The molecule has 0 aromatic rings. The largest absolute Gasteiger partial charge is 0.393 e. The normalized spacial score (nSPS) is 18.4. The second kappa shape index (κ2) is 5.29. The molecular formula is C10H18N2OS. The molecule has 80 valence electrons. The molecule has 1 aliphatic rings. The lowest BCUT2D eigenvalue weighted by Crippen LogP contribution is -2.36. The van der Waals surface area contributed by atoms with Gasteiger partial charge in [0.25, 0.3) is 0 Å². The van der Waals surface area contributed by atoms with E-state index in [4.69, 9.17) is 18.0 Å². The van der Waals surface area contributed by atoms with Crippen LogP contribution < -0.4 is 11.1 Å². The second-order valence-corrected chi connectivity index (χ2v) is 4.66. The van der Waals surface area contributed by atoms with Gasteiger partial charge in [-0.25, -0.2) is 0 Å². The van der Waals surface area contributed by atoms with Crippen LogP contribution >= 0.6 is 12.2 Å². The number of hydrogen-bond acceptors (Lipinski definition) is 2. The van der Waals surface area contributed by atoms with Gasteiger partial charge < -0.3 is 11.1 Å². The van der Waals surface area contributed by atoms with E-state index in [1.165, 1.54) is 19.3 Å². The number of carbonyl (C=O) groups excluding carboxylic acids is 1. The van der Waals surface area contributed by atoms with Crippen LogP contribution in [0.1, 0.15) is 39.0 Å². The lowest BCUT2D eigenvalue weighted by molar-refractivity contribution is -0.123. The van der Waals surface area contributed by atoms with Gasteiger partial charge in [-0.15, -0.1) is 0 Å². The third-order valence-electron chi connectivity index (χ3n) is 2.61. The van der Waals surface area contributed by atoms with Gasteiger partial charge in [0.1, 0.15) is 0 Å². The van der Waals surface area contributed by atoms with Gasteiger partial charge >= 0.3 is 0 Å². The number of nitrogens with two attached hydrogens (primary N) is 1. The van der Waals surface area contributed by atoms with Crippen LogP contribution in [0.5, 0.6) is 0 Å². The quantitative estimate of drug-likeness (QED) is 0.679. The molecule has 0 heterocycles. The Bertz CT molecular complexity index is 226. The summed E-state index contributed by atoms with van der Waals surface area (Å²) in [6.45, 7) is 1.93. The molecule has 0 radical (unpaired) electrons. The van der Waals surface area contributed by atoms with Crippen molar-refractivity contribution < 1.29 is 4.79 Å². The molecule has 3 nitrogen and oxygen atoms in total. The Hall–Kier alpha value is -0.640. The lowest BCUT2D eigenvalue weighted by Gasteiger charge is -2.25. The van der Waals surface area contributed by atoms with Crippen LogP contribution in [-0.2, 0) is 4.79 Å². The minimum Gasteiger partial charge on any atom is -0.393 e. The van der Waals surface area contributed by atoms with Crippen LogP contribution in [0.15, 0.2) is 0 Å². The summed E-state index contributed by atoms with van der Waals surface area (Å²) in [6.07, 6.45) is 4.95. The molecule has 0 spiro atoms. The van der Waals surface area contributed by atoms with Crippen LogP contribution in [0.2, 0.25) is 0 Å². The first kappa shape index (κ1) is 11.4. The summed E-state index contributed by atoms with van der Waals surface area (Å²) in [6, 6.07) is 0.0695. The third kappa shape index (κ3) is 4.05. The molecule has 4 heteroatoms. The molecule has 1 atom stereocenters. The SMILES string of the molecule is CC(CC(N)=S)NC(=O)CC1CCC1. The number of hydrogen-bond donors (Lipinski definition) is 2. The van der Waals surface area contributed by atoms with E-state index >= 15 is 0 Å². The van der Waals surface area contributed by atoms with E-state index in [9.17, 15) is 4.79 Å². The summed E-state index contributed by atoms with van der Waals surface area (Å²) in [7, 11) is 0. The van der Waals surface area contributed by atoms with E-state index in [0.717, 1.165) is 0 Å². The molecule has 0 aromatic carbocycles. The first-order valence-electron chi connectivity index (χ1n) is 5.15. The fourth-order valence-electron chi connectivity index (χ4n) is 1.65. The van der Waals surface area contributed by atoms with Gasteiger partial charge in [0.2, 0.25) is 5.91 Å². The van der Waals surface area contributed by atoms with Crippen LogP contribution in [0.4, 0.5) is 0 Å². The zero-order chi connectivity index (χ0) is 10.6. The first-order valence-corrected chi connectivity index (χ1v) is 5.56. The van der Waals surface area contributed by atoms with Crippen molar-refractivity contribution in [2.45, 2.75) is 45.1 Å². The van der Waals surface area contributed by atoms with Crippen molar-refractivity contribution in [1.82, 2.24) is 5.32 Å². The molecule has 3 N–H and O–H groups in total. The molecule has 1 fully saturated rings. The van der Waals surface area contributed by atoms with Gasteiger partial charge in [0.15, 0.2) is 0 Å². The van der Waals surface area contributed by atoms with Crippen molar-refractivity contribution in [3.05, 3.63) is 0 Å². The third-order valence-corrected chi connectivity index (χ3v) is 2.78. The summed E-state index contributed by atoms with van der Waals surface area (Å²) in [5, 5.41) is 2.90. The van der Waals surface area contributed by atoms with Crippen molar-refractivity contribution in [2.75, 3.05) is 0 Å². The topological polar surface area (TPSA) is 55.1 Å². The zero-order valence-corrected chi connectivity index (χ0v) is 9.40. The fraction of sp³-hybridized carbons (Fsp3) is 0.800. The number of amides is 1. The van der Waals surface area contributed by atoms with Crippen LogP contribution in [0.25, 0.3) is 0 Å². The van der Waals surface area contributed by atoms with Gasteiger partial charge in [-0.2, -0.15) is 0 Å². The van der Waals surface area contributed by atoms with Crippen molar-refractivity contribution in [1.29, 1.82) is 0 Å². The Morgan fingerprint density at radius 2 is 2.29 bits per heavy atom. The molecule has 1 amide bonds. The maximum Gasteiger partial charge on any atom is 0.220 e. The van der Waals surface area contributed by atoms with Crippen LogP contribution in [0.3, 0.4) is 0 Å². The summed E-state index contributed by atoms with van der Waals surface area (Å²) >= 11 is 4.77. The molecule has 0 bridgehead atoms. The van der Waals surface area contributed by atoms with Gasteiger partial charge in [-0.05, 0) is 25.7 Å². The van der Waals surface area contributed by atoms with Gasteiger partial charge in [-0.1, -0.05) is 18.6 Å². The molecule has 0 aliphatic heterocycles. The molecule has 1 rings (SSSR count). The van der Waals surface area contributed by atoms with Crippen molar-refractivity contribution in [3.8, 4) is 0 Å². The Labute approximate surface area is 90.4 Å². The maximum atomic E-state index is 11.4. The van der Waals surface area contributed by atoms with E-state index in [1.807, 2.05) is 6.92 Å². The lowest BCUT2D eigenvalue weighted by atomic mass is 9.83. The molecule has 0 saturated heterocycles. The number of nitrogens with one attached hydrogen (secondary N) is 1. The number of thiocarbonyl (C=S) groups is 1. The van der Waals surface area contributed by atoms with Crippen molar-refractivity contribution >= 4 is 23.1 Å². The van der Waals surface area contributed by atoms with E-state index in [1.54, 1.807) is 0 Å². The van der Waals surface area contributed by atoms with Gasteiger partial charge in [-0.3, -0.25) is 4.79 Å². The monoisotopic (exact) mass is 214 g/mol. The minimum absolute atomic E-state index is 0.0695. The Kier molecular flexibility index (Phi) is 4.32. The minimum atomic E-state index is 0.0695. The zero-order valence-electron chi connectivity index (χ0n) is 8.58. The maximum absolute atomic E-state index is 11.4. The summed E-state index contributed by atoms with van der Waals surface area (Å²) in [5.74, 6) is 0.755. The summed E-state index contributed by atoms with van der Waals surface area (Å²) in [4.78, 5) is 11.9. The Morgan fingerprint density at radius 1 is 1.64 bits per heavy atom. The van der Waals surface area contributed by atoms with E-state index in [-0.39, 0.29) is 11.9 Å². The first-order chi connectivity index (χ1) is 6.58. The molecule has 14 heavy (non-hydrogen) atoms. The highest BCUT2D eigenvalue weighted by Gasteiger charge is 2.21. The van der Waals surface area contributed by atoms with Gasteiger partial charge in [0, 0.05) is 18.9 Å². The molecular weight excluding hydrogens is 196 g/mol. The average molecular weight is 214 g/mol. The predicted octanol–water partition coefficient (Wildman–Crippen LogP) is 1.36. The summed E-state index contributed by atoms with van der Waals surface area (Å²) in [5.41, 5.74) is 5.39. The average Bonchev–Trinajstić information content (AvgIpc) is 1.94. The van der Waals surface area contributed by atoms with Gasteiger partial charge in [0.05, 0.1) is 4.99 Å². The van der Waals surface area contributed by atoms with E-state index in [0.29, 0.717) is 23.7 Å². The predicted molar refractivity (Wildman–Crippen MR) is 61.0 cm³/mol. The molecule has 1 unspecified atom stereocenters. The Morgan fingerprint density at radius 3 is 2.71 bits per heavy atom. The molecule has 1 saturated carbocycles. The van der Waals surface area contributed by atoms with E-state index < -0.39 is 0 Å². The number of rotatable bonds is 5. The van der Waals surface area contributed by atoms with Crippen molar-refractivity contribution in [2.24, 2.45) is 11.7 Å². The smallest absolute Gasteiger partial charge is 0.220 e. The van der Waals surface area contributed by atoms with Crippen molar-refractivity contribution in [3.63, 3.8) is 0 Å². The Balaban J connectivity index is 2.14. The van der Waals surface area contributed by atoms with Crippen LogP contribution in [0, 0.1) is 5.92 Å². The molecule has 1 aliphatic carbocycles. The molecule has 0 aromatic heterocycles. The highest BCUT2D eigenvalue weighted by atomic mass is 32.1. The highest BCUT2D eigenvalue weighted by Crippen LogP contribution is 2.29. The fourth-order valence-corrected chi connectivity index (χ4v) is 1.90. The number of carbonyl (C=O) groups is 1. The standard InChI is InChI=1S/C10H18N2OS/c1-7(5-9(11)14)12-10(13)6-8-3-2-4-8/h7-8H,2-6H2,1H3,(H2,11,14)(H,12,13). The highest BCUT2D eigenvalue weighted by molar-refractivity contribution is 7.80.